The number of ether oxygens (including phenoxy) is 3. The Balaban J connectivity index is 0.00000176. The molecule has 0 bridgehead atoms. The minimum Gasteiger partial charge on any atom is -0.491 e. The van der Waals surface area contributed by atoms with Gasteiger partial charge >= 0.3 is 6.09 Å². The molecule has 154 valence electrons. The van der Waals surface area contributed by atoms with E-state index in [0.29, 0.717) is 25.5 Å². The molecule has 6 heteroatoms. The van der Waals surface area contributed by atoms with E-state index in [0.717, 1.165) is 5.56 Å². The van der Waals surface area contributed by atoms with Gasteiger partial charge in [0, 0.05) is 12.6 Å². The third kappa shape index (κ3) is 7.37. The van der Waals surface area contributed by atoms with Gasteiger partial charge in [0.15, 0.2) is 0 Å². The molecule has 1 heterocycles. The van der Waals surface area contributed by atoms with E-state index in [2.05, 4.69) is 0 Å². The van der Waals surface area contributed by atoms with E-state index in [1.54, 1.807) is 11.0 Å². The van der Waals surface area contributed by atoms with Crippen molar-refractivity contribution in [1.82, 2.24) is 4.90 Å². The molecule has 0 radical (unpaired) electrons. The van der Waals surface area contributed by atoms with E-state index in [1.807, 2.05) is 48.5 Å². The Labute approximate surface area is 162 Å². The molecule has 0 saturated carbocycles. The zero-order chi connectivity index (χ0) is 20.6. The quantitative estimate of drug-likeness (QED) is 0.735. The van der Waals surface area contributed by atoms with Crippen LogP contribution in [-0.2, 0) is 9.47 Å². The normalized spacial score (nSPS) is 17.2. The SMILES string of the molecule is CC.CC(C)c1ccc(F)cc1OCC1COCCN1C(=O)OC(C)(C)C. The molecular formula is C21H34FNO4. The second-order valence-electron chi connectivity index (χ2n) is 7.55. The Kier molecular flexibility index (Phi) is 9.03. The number of carbonyl (C=O) groups excluding carboxylic acids is 1. The molecular weight excluding hydrogens is 349 g/mol. The maximum atomic E-state index is 13.6. The molecule has 1 fully saturated rings. The highest BCUT2D eigenvalue weighted by atomic mass is 19.1. The van der Waals surface area contributed by atoms with E-state index in [-0.39, 0.29) is 30.5 Å². The molecule has 1 aliphatic rings. The first kappa shape index (κ1) is 23.2. The predicted octanol–water partition coefficient (Wildman–Crippen LogP) is 4.99. The smallest absolute Gasteiger partial charge is 0.410 e. The fourth-order valence-corrected chi connectivity index (χ4v) is 2.65. The van der Waals surface area contributed by atoms with Crippen molar-refractivity contribution in [2.24, 2.45) is 0 Å². The summed E-state index contributed by atoms with van der Waals surface area (Å²) in [6, 6.07) is 4.28. The molecule has 27 heavy (non-hydrogen) atoms. The van der Waals surface area contributed by atoms with Gasteiger partial charge in [-0.1, -0.05) is 33.8 Å². The van der Waals surface area contributed by atoms with Gasteiger partial charge in [0.2, 0.25) is 0 Å². The summed E-state index contributed by atoms with van der Waals surface area (Å²) >= 11 is 0. The molecule has 5 nitrogen and oxygen atoms in total. The van der Waals surface area contributed by atoms with Crippen molar-refractivity contribution in [3.8, 4) is 5.75 Å². The van der Waals surface area contributed by atoms with Crippen molar-refractivity contribution in [2.75, 3.05) is 26.4 Å². The molecule has 0 N–H and O–H groups in total. The molecule has 1 saturated heterocycles. The first-order chi connectivity index (χ1) is 12.7. The highest BCUT2D eigenvalue weighted by molar-refractivity contribution is 5.68. The summed E-state index contributed by atoms with van der Waals surface area (Å²) in [5, 5.41) is 0. The van der Waals surface area contributed by atoms with E-state index < -0.39 is 5.60 Å². The molecule has 2 rings (SSSR count). The van der Waals surface area contributed by atoms with Crippen LogP contribution in [0.3, 0.4) is 0 Å². The lowest BCUT2D eigenvalue weighted by atomic mass is 10.0. The summed E-state index contributed by atoms with van der Waals surface area (Å²) in [6.45, 7) is 15.0. The minimum atomic E-state index is -0.561. The lowest BCUT2D eigenvalue weighted by Gasteiger charge is -2.36. The number of nitrogens with zero attached hydrogens (tertiary/aromatic N) is 1. The van der Waals surface area contributed by atoms with Gasteiger partial charge in [0.1, 0.15) is 23.8 Å². The molecule has 1 unspecified atom stereocenters. The number of hydrogen-bond donors (Lipinski definition) is 0. The minimum absolute atomic E-state index is 0.208. The van der Waals surface area contributed by atoms with Crippen molar-refractivity contribution in [2.45, 2.75) is 66.0 Å². The van der Waals surface area contributed by atoms with Gasteiger partial charge in [-0.2, -0.15) is 0 Å². The van der Waals surface area contributed by atoms with Crippen molar-refractivity contribution >= 4 is 6.09 Å². The first-order valence-corrected chi connectivity index (χ1v) is 9.67. The summed E-state index contributed by atoms with van der Waals surface area (Å²) in [5.74, 6) is 0.369. The van der Waals surface area contributed by atoms with Crippen molar-refractivity contribution < 1.29 is 23.4 Å². The molecule has 1 aliphatic heterocycles. The van der Waals surface area contributed by atoms with Crippen molar-refractivity contribution in [3.63, 3.8) is 0 Å². The Hall–Kier alpha value is -1.82. The standard InChI is InChI=1S/C19H28FNO4.C2H6/c1-13(2)16-7-6-14(20)10-17(16)24-12-15-11-23-9-8-21(15)18(22)25-19(3,4)5;1-2/h6-7,10,13,15H,8-9,11-12H2,1-5H3;1-2H3. The summed E-state index contributed by atoms with van der Waals surface area (Å²) in [4.78, 5) is 14.0. The van der Waals surface area contributed by atoms with E-state index in [1.165, 1.54) is 12.1 Å². The second-order valence-corrected chi connectivity index (χ2v) is 7.55. The largest absolute Gasteiger partial charge is 0.491 e. The van der Waals surface area contributed by atoms with Gasteiger partial charge in [-0.3, -0.25) is 4.90 Å². The third-order valence-electron chi connectivity index (χ3n) is 3.88. The molecule has 1 aromatic rings. The van der Waals surface area contributed by atoms with Gasteiger partial charge in [0.05, 0.1) is 19.3 Å². The lowest BCUT2D eigenvalue weighted by molar-refractivity contribution is -0.0419. The van der Waals surface area contributed by atoms with Crippen LogP contribution in [-0.4, -0.2) is 49.0 Å². The topological polar surface area (TPSA) is 48.0 Å². The first-order valence-electron chi connectivity index (χ1n) is 9.67. The van der Waals surface area contributed by atoms with Crippen LogP contribution in [0.25, 0.3) is 0 Å². The highest BCUT2D eigenvalue weighted by Crippen LogP contribution is 2.28. The van der Waals surface area contributed by atoms with Gasteiger partial charge in [-0.15, -0.1) is 0 Å². The van der Waals surface area contributed by atoms with Gasteiger partial charge in [0.25, 0.3) is 0 Å². The summed E-state index contributed by atoms with van der Waals surface area (Å²) < 4.78 is 30.4. The summed E-state index contributed by atoms with van der Waals surface area (Å²) in [6.07, 6.45) is -0.382. The number of morpholine rings is 1. The Bertz CT molecular complexity index is 598. The third-order valence-corrected chi connectivity index (χ3v) is 3.88. The molecule has 0 aliphatic carbocycles. The second kappa shape index (κ2) is 10.5. The number of amides is 1. The number of benzene rings is 1. The zero-order valence-electron chi connectivity index (χ0n) is 17.7. The molecule has 1 aromatic carbocycles. The number of rotatable bonds is 4. The fourth-order valence-electron chi connectivity index (χ4n) is 2.65. The van der Waals surface area contributed by atoms with Gasteiger partial charge in [-0.25, -0.2) is 9.18 Å². The fraction of sp³-hybridized carbons (Fsp3) is 0.667. The Morgan fingerprint density at radius 3 is 2.59 bits per heavy atom. The Morgan fingerprint density at radius 2 is 2.00 bits per heavy atom. The van der Waals surface area contributed by atoms with Crippen LogP contribution in [0.4, 0.5) is 9.18 Å². The number of carbonyl (C=O) groups is 1. The average Bonchev–Trinajstić information content (AvgIpc) is 2.60. The van der Waals surface area contributed by atoms with Crippen molar-refractivity contribution in [1.29, 1.82) is 0 Å². The monoisotopic (exact) mass is 383 g/mol. The van der Waals surface area contributed by atoms with Gasteiger partial charge < -0.3 is 14.2 Å². The lowest BCUT2D eigenvalue weighted by Crippen LogP contribution is -2.52. The molecule has 1 amide bonds. The van der Waals surface area contributed by atoms with Crippen LogP contribution in [0, 0.1) is 5.82 Å². The predicted molar refractivity (Wildman–Crippen MR) is 105 cm³/mol. The molecule has 0 spiro atoms. The van der Waals surface area contributed by atoms with E-state index in [9.17, 15) is 9.18 Å². The van der Waals surface area contributed by atoms with Gasteiger partial charge in [-0.05, 0) is 38.3 Å². The highest BCUT2D eigenvalue weighted by Gasteiger charge is 2.31. The maximum absolute atomic E-state index is 13.6. The molecule has 1 atom stereocenters. The van der Waals surface area contributed by atoms with Crippen LogP contribution in [0.15, 0.2) is 18.2 Å². The van der Waals surface area contributed by atoms with E-state index in [4.69, 9.17) is 14.2 Å². The van der Waals surface area contributed by atoms with Crippen LogP contribution in [0.5, 0.6) is 5.75 Å². The average molecular weight is 384 g/mol. The van der Waals surface area contributed by atoms with Crippen LogP contribution in [0.1, 0.15) is 59.9 Å². The van der Waals surface area contributed by atoms with Crippen molar-refractivity contribution in [3.05, 3.63) is 29.6 Å². The summed E-state index contributed by atoms with van der Waals surface area (Å²) in [5.41, 5.74) is 0.371. The maximum Gasteiger partial charge on any atom is 0.410 e. The summed E-state index contributed by atoms with van der Waals surface area (Å²) in [7, 11) is 0. The van der Waals surface area contributed by atoms with Crippen LogP contribution >= 0.6 is 0 Å². The number of halogens is 1. The molecule has 0 aromatic heterocycles. The van der Waals surface area contributed by atoms with E-state index >= 15 is 0 Å². The van der Waals surface area contributed by atoms with Crippen LogP contribution in [0.2, 0.25) is 0 Å². The number of hydrogen-bond acceptors (Lipinski definition) is 4. The Morgan fingerprint density at radius 1 is 1.33 bits per heavy atom. The zero-order valence-corrected chi connectivity index (χ0v) is 17.7. The van der Waals surface area contributed by atoms with Crippen LogP contribution < -0.4 is 4.74 Å².